The lowest BCUT2D eigenvalue weighted by molar-refractivity contribution is -0.124. The molecule has 116 valence electrons. The van der Waals surface area contributed by atoms with Crippen LogP contribution in [0, 0.1) is 0 Å². The zero-order chi connectivity index (χ0) is 15.8. The number of aryl methyl sites for hydroxylation is 1. The van der Waals surface area contributed by atoms with Crippen LogP contribution in [0.3, 0.4) is 0 Å². The number of rotatable bonds is 7. The Morgan fingerprint density at radius 1 is 1.18 bits per heavy atom. The molecule has 1 N–H and O–H groups in total. The van der Waals surface area contributed by atoms with Crippen LogP contribution in [0.1, 0.15) is 10.5 Å². The van der Waals surface area contributed by atoms with Gasteiger partial charge in [-0.3, -0.25) is 4.79 Å². The second-order valence-electron chi connectivity index (χ2n) is 4.59. The molecule has 0 radical (unpaired) electrons. The Labute approximate surface area is 133 Å². The maximum atomic E-state index is 11.7. The third-order valence-corrected chi connectivity index (χ3v) is 3.94. The molecule has 2 rings (SSSR count). The zero-order valence-corrected chi connectivity index (χ0v) is 13.1. The van der Waals surface area contributed by atoms with Crippen molar-refractivity contribution in [3.63, 3.8) is 0 Å². The van der Waals surface area contributed by atoms with Crippen molar-refractivity contribution in [1.29, 1.82) is 0 Å². The molecule has 0 saturated carbocycles. The third-order valence-electron chi connectivity index (χ3n) is 2.92. The summed E-state index contributed by atoms with van der Waals surface area (Å²) in [7, 11) is 1.75. The second kappa shape index (κ2) is 8.29. The number of amides is 1. The molecule has 1 amide bonds. The Morgan fingerprint density at radius 3 is 2.64 bits per heavy atom. The van der Waals surface area contributed by atoms with E-state index in [9.17, 15) is 9.59 Å². The first-order valence-electron chi connectivity index (χ1n) is 6.90. The predicted octanol–water partition coefficient (Wildman–Crippen LogP) is 2.09. The average molecular weight is 318 g/mol. The number of carbonyl (C=O) groups is 2. The minimum Gasteiger partial charge on any atom is -0.451 e. The SMILES string of the molecule is Cn1cccc1C(=O)OCC(=O)NCCSc1ccccc1. The number of thioether (sulfide) groups is 1. The van der Waals surface area contributed by atoms with Gasteiger partial charge in [0.15, 0.2) is 6.61 Å². The molecule has 2 aromatic rings. The van der Waals surface area contributed by atoms with Crippen LogP contribution >= 0.6 is 11.8 Å². The van der Waals surface area contributed by atoms with Gasteiger partial charge in [-0.05, 0) is 24.3 Å². The van der Waals surface area contributed by atoms with Gasteiger partial charge in [-0.25, -0.2) is 4.79 Å². The Morgan fingerprint density at radius 2 is 1.95 bits per heavy atom. The normalized spacial score (nSPS) is 10.2. The summed E-state index contributed by atoms with van der Waals surface area (Å²) in [6, 6.07) is 13.4. The quantitative estimate of drug-likeness (QED) is 0.482. The standard InChI is InChI=1S/C16H18N2O3S/c1-18-10-5-8-14(18)16(20)21-12-15(19)17-9-11-22-13-6-3-2-4-7-13/h2-8,10H,9,11-12H2,1H3,(H,17,19). The van der Waals surface area contributed by atoms with Gasteiger partial charge >= 0.3 is 5.97 Å². The number of nitrogens with zero attached hydrogens (tertiary/aromatic N) is 1. The molecule has 0 aliphatic carbocycles. The Kier molecular flexibility index (Phi) is 6.09. The minimum absolute atomic E-state index is 0.264. The molecule has 5 nitrogen and oxygen atoms in total. The molecule has 0 saturated heterocycles. The summed E-state index contributed by atoms with van der Waals surface area (Å²) in [5.74, 6) is -0.0286. The first-order chi connectivity index (χ1) is 10.7. The summed E-state index contributed by atoms with van der Waals surface area (Å²) in [5.41, 5.74) is 0.424. The van der Waals surface area contributed by atoms with Gasteiger partial charge in [0.05, 0.1) is 0 Å². The predicted molar refractivity (Wildman–Crippen MR) is 85.9 cm³/mol. The van der Waals surface area contributed by atoms with Crippen LogP contribution < -0.4 is 5.32 Å². The van der Waals surface area contributed by atoms with Crippen molar-refractivity contribution in [1.82, 2.24) is 9.88 Å². The minimum atomic E-state index is -0.499. The van der Waals surface area contributed by atoms with E-state index in [0.717, 1.165) is 10.6 Å². The Bertz CT molecular complexity index is 625. The highest BCUT2D eigenvalue weighted by molar-refractivity contribution is 7.99. The summed E-state index contributed by atoms with van der Waals surface area (Å²) in [4.78, 5) is 24.5. The molecule has 0 unspecified atom stereocenters. The van der Waals surface area contributed by atoms with E-state index in [0.29, 0.717) is 12.2 Å². The molecule has 22 heavy (non-hydrogen) atoms. The van der Waals surface area contributed by atoms with Crippen molar-refractivity contribution in [2.75, 3.05) is 18.9 Å². The van der Waals surface area contributed by atoms with Crippen molar-refractivity contribution in [3.05, 3.63) is 54.4 Å². The van der Waals surface area contributed by atoms with Gasteiger partial charge in [0.25, 0.3) is 5.91 Å². The summed E-state index contributed by atoms with van der Waals surface area (Å²) in [5, 5.41) is 2.72. The largest absolute Gasteiger partial charge is 0.451 e. The molecule has 0 atom stereocenters. The van der Waals surface area contributed by atoms with Crippen LogP contribution in [0.5, 0.6) is 0 Å². The lowest BCUT2D eigenvalue weighted by atomic mass is 10.4. The lowest BCUT2D eigenvalue weighted by Gasteiger charge is -2.07. The molecule has 1 aromatic carbocycles. The van der Waals surface area contributed by atoms with Crippen LogP contribution in [-0.2, 0) is 16.6 Å². The number of ether oxygens (including phenoxy) is 1. The highest BCUT2D eigenvalue weighted by atomic mass is 32.2. The number of hydrogen-bond acceptors (Lipinski definition) is 4. The van der Waals surface area contributed by atoms with E-state index in [2.05, 4.69) is 5.32 Å². The van der Waals surface area contributed by atoms with Crippen LogP contribution in [0.15, 0.2) is 53.6 Å². The average Bonchev–Trinajstić information content (AvgIpc) is 2.96. The summed E-state index contributed by atoms with van der Waals surface area (Å²) >= 11 is 1.66. The Hall–Kier alpha value is -2.21. The smallest absolute Gasteiger partial charge is 0.355 e. The fourth-order valence-corrected chi connectivity index (χ4v) is 2.59. The maximum absolute atomic E-state index is 11.7. The van der Waals surface area contributed by atoms with Gasteiger partial charge in [0, 0.05) is 30.4 Å². The summed E-state index contributed by atoms with van der Waals surface area (Å²) in [6.45, 7) is 0.264. The van der Waals surface area contributed by atoms with E-state index in [1.807, 2.05) is 30.3 Å². The number of hydrogen-bond donors (Lipinski definition) is 1. The van der Waals surface area contributed by atoms with Crippen molar-refractivity contribution in [3.8, 4) is 0 Å². The monoisotopic (exact) mass is 318 g/mol. The molecular formula is C16H18N2O3S. The number of nitrogens with one attached hydrogen (secondary N) is 1. The lowest BCUT2D eigenvalue weighted by Crippen LogP contribution is -2.30. The first kappa shape index (κ1) is 16.2. The molecule has 0 fully saturated rings. The zero-order valence-electron chi connectivity index (χ0n) is 12.3. The molecule has 1 heterocycles. The summed E-state index contributed by atoms with van der Waals surface area (Å²) < 4.78 is 6.62. The Balaban J connectivity index is 1.62. The van der Waals surface area contributed by atoms with E-state index >= 15 is 0 Å². The van der Waals surface area contributed by atoms with E-state index in [-0.39, 0.29) is 12.5 Å². The van der Waals surface area contributed by atoms with Crippen LogP contribution in [0.25, 0.3) is 0 Å². The molecule has 0 aliphatic heterocycles. The van der Waals surface area contributed by atoms with Crippen LogP contribution in [0.4, 0.5) is 0 Å². The van der Waals surface area contributed by atoms with E-state index in [1.165, 1.54) is 0 Å². The highest BCUT2D eigenvalue weighted by Crippen LogP contribution is 2.15. The number of aromatic nitrogens is 1. The van der Waals surface area contributed by atoms with Gasteiger partial charge in [-0.15, -0.1) is 11.8 Å². The highest BCUT2D eigenvalue weighted by Gasteiger charge is 2.12. The maximum Gasteiger partial charge on any atom is 0.355 e. The molecular weight excluding hydrogens is 300 g/mol. The molecule has 0 spiro atoms. The van der Waals surface area contributed by atoms with Crippen LogP contribution in [-0.4, -0.2) is 35.3 Å². The number of carbonyl (C=O) groups excluding carboxylic acids is 2. The van der Waals surface area contributed by atoms with Crippen molar-refractivity contribution < 1.29 is 14.3 Å². The number of esters is 1. The first-order valence-corrected chi connectivity index (χ1v) is 7.88. The van der Waals surface area contributed by atoms with Gasteiger partial charge in [0.2, 0.25) is 0 Å². The van der Waals surface area contributed by atoms with Gasteiger partial charge in [-0.2, -0.15) is 0 Å². The molecule has 6 heteroatoms. The van der Waals surface area contributed by atoms with Crippen molar-refractivity contribution >= 4 is 23.6 Å². The van der Waals surface area contributed by atoms with Gasteiger partial charge in [-0.1, -0.05) is 18.2 Å². The molecule has 1 aromatic heterocycles. The van der Waals surface area contributed by atoms with E-state index in [1.54, 1.807) is 41.7 Å². The van der Waals surface area contributed by atoms with Gasteiger partial charge < -0.3 is 14.6 Å². The summed E-state index contributed by atoms with van der Waals surface area (Å²) in [6.07, 6.45) is 1.75. The fraction of sp³-hybridized carbons (Fsp3) is 0.250. The molecule has 0 bridgehead atoms. The molecule has 0 aliphatic rings. The van der Waals surface area contributed by atoms with Gasteiger partial charge in [0.1, 0.15) is 5.69 Å². The topological polar surface area (TPSA) is 60.3 Å². The fourth-order valence-electron chi connectivity index (χ4n) is 1.81. The second-order valence-corrected chi connectivity index (χ2v) is 5.76. The van der Waals surface area contributed by atoms with E-state index in [4.69, 9.17) is 4.74 Å². The van der Waals surface area contributed by atoms with E-state index < -0.39 is 5.97 Å². The van der Waals surface area contributed by atoms with Crippen molar-refractivity contribution in [2.24, 2.45) is 7.05 Å². The van der Waals surface area contributed by atoms with Crippen molar-refractivity contribution in [2.45, 2.75) is 4.90 Å². The third kappa shape index (κ3) is 4.96. The number of benzene rings is 1. The van der Waals surface area contributed by atoms with Crippen LogP contribution in [0.2, 0.25) is 0 Å².